The summed E-state index contributed by atoms with van der Waals surface area (Å²) in [7, 11) is -3.45. The Labute approximate surface area is 127 Å². The van der Waals surface area contributed by atoms with E-state index in [1.165, 1.54) is 0 Å². The standard InChI is InChI=1S/C15H22ClNO2S/c1-12-7-8-15(13(2)10-12)20(18,19)17-9-5-3-4-6-14(17)11-16/h7-8,10,14H,3-6,9,11H2,1-2H3. The number of rotatable bonds is 3. The predicted octanol–water partition coefficient (Wildman–Crippen LogP) is 3.48. The van der Waals surface area contributed by atoms with Crippen LogP contribution in [0.1, 0.15) is 36.8 Å². The van der Waals surface area contributed by atoms with Crippen LogP contribution in [0.4, 0.5) is 0 Å². The molecule has 1 aliphatic heterocycles. The average molecular weight is 316 g/mol. The van der Waals surface area contributed by atoms with Crippen molar-refractivity contribution in [2.24, 2.45) is 0 Å². The van der Waals surface area contributed by atoms with E-state index < -0.39 is 10.0 Å². The molecule has 1 heterocycles. The van der Waals surface area contributed by atoms with Crippen molar-refractivity contribution < 1.29 is 8.42 Å². The third kappa shape index (κ3) is 3.18. The molecule has 112 valence electrons. The van der Waals surface area contributed by atoms with Gasteiger partial charge in [-0.3, -0.25) is 0 Å². The van der Waals surface area contributed by atoms with Crippen LogP contribution in [0, 0.1) is 13.8 Å². The van der Waals surface area contributed by atoms with E-state index in [2.05, 4.69) is 0 Å². The van der Waals surface area contributed by atoms with E-state index in [1.807, 2.05) is 26.0 Å². The van der Waals surface area contributed by atoms with Gasteiger partial charge >= 0.3 is 0 Å². The highest BCUT2D eigenvalue weighted by Crippen LogP contribution is 2.27. The number of aryl methyl sites for hydroxylation is 2. The van der Waals surface area contributed by atoms with E-state index in [9.17, 15) is 8.42 Å². The van der Waals surface area contributed by atoms with Crippen molar-refractivity contribution >= 4 is 21.6 Å². The van der Waals surface area contributed by atoms with Gasteiger partial charge < -0.3 is 0 Å². The van der Waals surface area contributed by atoms with Crippen LogP contribution in [0.15, 0.2) is 23.1 Å². The fourth-order valence-corrected chi connectivity index (χ4v) is 5.14. The molecule has 1 atom stereocenters. The molecule has 1 aliphatic rings. The van der Waals surface area contributed by atoms with E-state index >= 15 is 0 Å². The molecule has 0 radical (unpaired) electrons. The Morgan fingerprint density at radius 2 is 2.00 bits per heavy atom. The molecule has 1 aromatic rings. The number of nitrogens with zero attached hydrogens (tertiary/aromatic N) is 1. The fraction of sp³-hybridized carbons (Fsp3) is 0.600. The lowest BCUT2D eigenvalue weighted by molar-refractivity contribution is 0.345. The van der Waals surface area contributed by atoms with Crippen LogP contribution in [0.3, 0.4) is 0 Å². The van der Waals surface area contributed by atoms with Gasteiger partial charge in [0.25, 0.3) is 0 Å². The molecule has 1 saturated heterocycles. The molecule has 1 aromatic carbocycles. The van der Waals surface area contributed by atoms with E-state index in [-0.39, 0.29) is 6.04 Å². The molecule has 1 fully saturated rings. The zero-order valence-electron chi connectivity index (χ0n) is 12.1. The normalized spacial score (nSPS) is 21.6. The summed E-state index contributed by atoms with van der Waals surface area (Å²) >= 11 is 6.00. The SMILES string of the molecule is Cc1ccc(S(=O)(=O)N2CCCCCC2CCl)c(C)c1. The first-order valence-corrected chi connectivity index (χ1v) is 9.09. The molecule has 0 amide bonds. The lowest BCUT2D eigenvalue weighted by Crippen LogP contribution is -2.41. The number of hydrogen-bond acceptors (Lipinski definition) is 2. The van der Waals surface area contributed by atoms with Gasteiger partial charge in [-0.05, 0) is 38.3 Å². The number of alkyl halides is 1. The first-order chi connectivity index (χ1) is 9.46. The molecule has 0 saturated carbocycles. The van der Waals surface area contributed by atoms with Crippen molar-refractivity contribution in [1.82, 2.24) is 4.31 Å². The Hall–Kier alpha value is -0.580. The molecule has 0 spiro atoms. The van der Waals surface area contributed by atoms with Crippen molar-refractivity contribution in [1.29, 1.82) is 0 Å². The highest BCUT2D eigenvalue weighted by molar-refractivity contribution is 7.89. The molecule has 2 rings (SSSR count). The van der Waals surface area contributed by atoms with Crippen LogP contribution in [-0.2, 0) is 10.0 Å². The average Bonchev–Trinajstić information content (AvgIpc) is 2.63. The monoisotopic (exact) mass is 315 g/mol. The van der Waals surface area contributed by atoms with Gasteiger partial charge in [-0.1, -0.05) is 30.5 Å². The molecular weight excluding hydrogens is 294 g/mol. The lowest BCUT2D eigenvalue weighted by Gasteiger charge is -2.28. The summed E-state index contributed by atoms with van der Waals surface area (Å²) in [6.07, 6.45) is 3.90. The van der Waals surface area contributed by atoms with Gasteiger partial charge in [-0.15, -0.1) is 11.6 Å². The summed E-state index contributed by atoms with van der Waals surface area (Å²) in [6, 6.07) is 5.41. The number of hydrogen-bond donors (Lipinski definition) is 0. The second-order valence-corrected chi connectivity index (χ2v) is 7.71. The first kappa shape index (κ1) is 15.8. The van der Waals surface area contributed by atoms with Crippen molar-refractivity contribution in [2.45, 2.75) is 50.5 Å². The molecule has 5 heteroatoms. The zero-order valence-corrected chi connectivity index (χ0v) is 13.7. The third-order valence-corrected chi connectivity index (χ3v) is 6.39. The molecule has 3 nitrogen and oxygen atoms in total. The number of halogens is 1. The van der Waals surface area contributed by atoms with Crippen LogP contribution >= 0.6 is 11.6 Å². The van der Waals surface area contributed by atoms with Gasteiger partial charge in [-0.25, -0.2) is 8.42 Å². The summed E-state index contributed by atoms with van der Waals surface area (Å²) in [5, 5.41) is 0. The third-order valence-electron chi connectivity index (χ3n) is 3.92. The van der Waals surface area contributed by atoms with Crippen molar-refractivity contribution in [3.05, 3.63) is 29.3 Å². The topological polar surface area (TPSA) is 37.4 Å². The van der Waals surface area contributed by atoms with Crippen molar-refractivity contribution in [3.63, 3.8) is 0 Å². The van der Waals surface area contributed by atoms with E-state index in [4.69, 9.17) is 11.6 Å². The maximum absolute atomic E-state index is 12.9. The quantitative estimate of drug-likeness (QED) is 0.801. The summed E-state index contributed by atoms with van der Waals surface area (Å²) in [6.45, 7) is 4.40. The second-order valence-electron chi connectivity index (χ2n) is 5.54. The van der Waals surface area contributed by atoms with Gasteiger partial charge in [0.2, 0.25) is 10.0 Å². The molecule has 0 aliphatic carbocycles. The van der Waals surface area contributed by atoms with E-state index in [1.54, 1.807) is 10.4 Å². The summed E-state index contributed by atoms with van der Waals surface area (Å²) in [4.78, 5) is 0.417. The Morgan fingerprint density at radius 1 is 1.25 bits per heavy atom. The highest BCUT2D eigenvalue weighted by Gasteiger charge is 2.32. The van der Waals surface area contributed by atoms with Gasteiger partial charge in [0.15, 0.2) is 0 Å². The van der Waals surface area contributed by atoms with Gasteiger partial charge in [0, 0.05) is 18.5 Å². The van der Waals surface area contributed by atoms with Gasteiger partial charge in [-0.2, -0.15) is 4.31 Å². The van der Waals surface area contributed by atoms with Gasteiger partial charge in [0.1, 0.15) is 0 Å². The molecular formula is C15H22ClNO2S. The van der Waals surface area contributed by atoms with Crippen molar-refractivity contribution in [3.8, 4) is 0 Å². The highest BCUT2D eigenvalue weighted by atomic mass is 35.5. The fourth-order valence-electron chi connectivity index (χ4n) is 2.84. The van der Waals surface area contributed by atoms with Crippen molar-refractivity contribution in [2.75, 3.05) is 12.4 Å². The lowest BCUT2D eigenvalue weighted by atomic mass is 10.1. The molecule has 0 bridgehead atoms. The molecule has 1 unspecified atom stereocenters. The van der Waals surface area contributed by atoms with E-state index in [0.717, 1.165) is 36.8 Å². The Balaban J connectivity index is 2.41. The van der Waals surface area contributed by atoms with Crippen LogP contribution in [0.5, 0.6) is 0 Å². The second kappa shape index (κ2) is 6.46. The minimum Gasteiger partial charge on any atom is -0.207 e. The molecule has 0 aromatic heterocycles. The predicted molar refractivity (Wildman–Crippen MR) is 82.8 cm³/mol. The van der Waals surface area contributed by atoms with Crippen LogP contribution < -0.4 is 0 Å². The molecule has 0 N–H and O–H groups in total. The zero-order chi connectivity index (χ0) is 14.8. The maximum Gasteiger partial charge on any atom is 0.243 e. The Kier molecular flexibility index (Phi) is 5.10. The number of benzene rings is 1. The minimum absolute atomic E-state index is 0.0788. The minimum atomic E-state index is -3.45. The number of sulfonamides is 1. The van der Waals surface area contributed by atoms with Gasteiger partial charge in [0.05, 0.1) is 4.90 Å². The van der Waals surface area contributed by atoms with Crippen LogP contribution in [0.25, 0.3) is 0 Å². The van der Waals surface area contributed by atoms with E-state index in [0.29, 0.717) is 17.3 Å². The summed E-state index contributed by atoms with van der Waals surface area (Å²) in [5.74, 6) is 0.365. The van der Waals surface area contributed by atoms with Crippen LogP contribution in [0.2, 0.25) is 0 Å². The largest absolute Gasteiger partial charge is 0.243 e. The summed E-state index contributed by atoms with van der Waals surface area (Å²) in [5.41, 5.74) is 1.88. The summed E-state index contributed by atoms with van der Waals surface area (Å²) < 4.78 is 27.4. The maximum atomic E-state index is 12.9. The Bertz CT molecular complexity index is 571. The van der Waals surface area contributed by atoms with Crippen LogP contribution in [-0.4, -0.2) is 31.2 Å². The molecule has 20 heavy (non-hydrogen) atoms. The smallest absolute Gasteiger partial charge is 0.207 e. The Morgan fingerprint density at radius 3 is 2.65 bits per heavy atom. The first-order valence-electron chi connectivity index (χ1n) is 7.12.